The number of aryl methyl sites for hydroxylation is 1. The van der Waals surface area contributed by atoms with Crippen LogP contribution < -0.4 is 10.6 Å². The Morgan fingerprint density at radius 3 is 2.41 bits per heavy atom. The van der Waals surface area contributed by atoms with Crippen molar-refractivity contribution in [1.82, 2.24) is 15.5 Å². The van der Waals surface area contributed by atoms with Gasteiger partial charge in [0.1, 0.15) is 30.0 Å². The Hall–Kier alpha value is -2.93. The molecule has 0 saturated heterocycles. The van der Waals surface area contributed by atoms with E-state index >= 15 is 0 Å². The number of rotatable bonds is 10. The van der Waals surface area contributed by atoms with Gasteiger partial charge in [-0.15, -0.1) is 0 Å². The lowest BCUT2D eigenvalue weighted by Gasteiger charge is -2.33. The van der Waals surface area contributed by atoms with Crippen LogP contribution in [0.2, 0.25) is 0 Å². The van der Waals surface area contributed by atoms with Gasteiger partial charge in [-0.1, -0.05) is 19.4 Å². The second-order valence-electron chi connectivity index (χ2n) is 9.15. The third kappa shape index (κ3) is 8.78. The Bertz CT molecular complexity index is 910. The molecule has 3 N–H and O–H groups in total. The summed E-state index contributed by atoms with van der Waals surface area (Å²) in [5, 5.41) is 24.8. The van der Waals surface area contributed by atoms with E-state index in [0.717, 1.165) is 17.7 Å². The van der Waals surface area contributed by atoms with Gasteiger partial charge < -0.3 is 25.4 Å². The lowest BCUT2D eigenvalue weighted by Crippen LogP contribution is -2.54. The number of phenolic OH excluding ortho intramolecular Hbond substituents is 1. The van der Waals surface area contributed by atoms with Crippen LogP contribution in [0.25, 0.3) is 0 Å². The number of phenols is 1. The molecule has 1 aromatic carbocycles. The zero-order chi connectivity index (χ0) is 26.1. The number of hydrogen-bond acceptors (Lipinski definition) is 7. The van der Waals surface area contributed by atoms with Gasteiger partial charge >= 0.3 is 6.09 Å². The third-order valence-corrected chi connectivity index (χ3v) is 5.27. The molecule has 3 unspecified atom stereocenters. The maximum Gasteiger partial charge on any atom is 0.408 e. The molecule has 188 valence electrons. The molecule has 0 aliphatic rings. The Labute approximate surface area is 207 Å². The zero-order valence-corrected chi connectivity index (χ0v) is 21.6. The average molecular weight is 493 g/mol. The van der Waals surface area contributed by atoms with Crippen molar-refractivity contribution in [2.45, 2.75) is 78.1 Å². The summed E-state index contributed by atoms with van der Waals surface area (Å²) in [7, 11) is 0. The molecule has 10 heteroatoms. The van der Waals surface area contributed by atoms with Crippen molar-refractivity contribution in [3.8, 4) is 11.8 Å². The van der Waals surface area contributed by atoms with Gasteiger partial charge in [0.25, 0.3) is 0 Å². The highest BCUT2D eigenvalue weighted by Crippen LogP contribution is 2.27. The topological polar surface area (TPSA) is 132 Å². The summed E-state index contributed by atoms with van der Waals surface area (Å²) in [6, 6.07) is 4.06. The molecule has 0 saturated carbocycles. The van der Waals surface area contributed by atoms with Crippen LogP contribution in [0.3, 0.4) is 0 Å². The number of aromatic hydroxyl groups is 1. The highest BCUT2D eigenvalue weighted by Gasteiger charge is 2.36. The van der Waals surface area contributed by atoms with Crippen molar-refractivity contribution in [3.63, 3.8) is 0 Å². The first kappa shape index (κ1) is 29.1. The highest BCUT2D eigenvalue weighted by atomic mass is 32.1. The van der Waals surface area contributed by atoms with Crippen molar-refractivity contribution in [2.75, 3.05) is 12.3 Å². The minimum atomic E-state index is -1.16. The van der Waals surface area contributed by atoms with Crippen LogP contribution in [0, 0.1) is 18.3 Å². The Balaban J connectivity index is 3.39. The van der Waals surface area contributed by atoms with Crippen LogP contribution in [0.1, 0.15) is 64.6 Å². The van der Waals surface area contributed by atoms with Gasteiger partial charge in [0.15, 0.2) is 0 Å². The number of alkyl carbamates (subject to hydrolysis) is 1. The normalized spacial score (nSPS) is 13.7. The molecule has 0 fully saturated rings. The summed E-state index contributed by atoms with van der Waals surface area (Å²) in [6.07, 6.45) is 0.779. The van der Waals surface area contributed by atoms with E-state index in [-0.39, 0.29) is 17.5 Å². The molecule has 34 heavy (non-hydrogen) atoms. The summed E-state index contributed by atoms with van der Waals surface area (Å²) in [6.45, 7) is 10.2. The van der Waals surface area contributed by atoms with Crippen LogP contribution in [0.4, 0.5) is 4.79 Å². The second kappa shape index (κ2) is 13.1. The molecular weight excluding hydrogens is 456 g/mol. The van der Waals surface area contributed by atoms with Gasteiger partial charge in [-0.05, 0) is 64.3 Å². The number of nitriles is 1. The van der Waals surface area contributed by atoms with Crippen LogP contribution >= 0.6 is 12.6 Å². The molecule has 0 aromatic heterocycles. The summed E-state index contributed by atoms with van der Waals surface area (Å²) < 4.78 is 5.23. The fourth-order valence-electron chi connectivity index (χ4n) is 3.36. The first-order valence-corrected chi connectivity index (χ1v) is 11.9. The Morgan fingerprint density at radius 1 is 1.26 bits per heavy atom. The highest BCUT2D eigenvalue weighted by molar-refractivity contribution is 7.80. The molecule has 3 amide bonds. The quantitative estimate of drug-likeness (QED) is 0.293. The smallest absolute Gasteiger partial charge is 0.408 e. The number of nitrogens with zero attached hydrogens (tertiary/aromatic N) is 2. The molecule has 0 heterocycles. The lowest BCUT2D eigenvalue weighted by molar-refractivity contribution is -0.141. The van der Waals surface area contributed by atoms with Gasteiger partial charge in [0, 0.05) is 11.8 Å². The summed E-state index contributed by atoms with van der Waals surface area (Å²) in [5.74, 6) is -1.16. The predicted octanol–water partition coefficient (Wildman–Crippen LogP) is 3.22. The molecule has 1 aromatic rings. The Morgan fingerprint density at radius 2 is 1.91 bits per heavy atom. The third-order valence-electron chi connectivity index (χ3n) is 4.90. The first-order valence-electron chi connectivity index (χ1n) is 11.2. The van der Waals surface area contributed by atoms with E-state index in [1.54, 1.807) is 33.8 Å². The standard InChI is InChI=1S/C24H36N4O5S/c1-7-8-16(3)26-21(30)20(17-9-10-19(29)15(2)13-17)28(12-11-25)22(31)18(14-34)27-23(32)33-24(4,5)6/h9-10,13,16,18,20,29,34H,7-8,12,14H2,1-6H3,(H,26,30)(H,27,32). The molecule has 0 aliphatic carbocycles. The molecule has 1 rings (SSSR count). The van der Waals surface area contributed by atoms with Gasteiger partial charge in [0.05, 0.1) is 6.07 Å². The minimum Gasteiger partial charge on any atom is -0.508 e. The summed E-state index contributed by atoms with van der Waals surface area (Å²) in [4.78, 5) is 40.2. The van der Waals surface area contributed by atoms with Gasteiger partial charge in [-0.3, -0.25) is 9.59 Å². The lowest BCUT2D eigenvalue weighted by atomic mass is 10.00. The van der Waals surface area contributed by atoms with Gasteiger partial charge in [-0.2, -0.15) is 17.9 Å². The molecule has 0 radical (unpaired) electrons. The number of nitrogens with one attached hydrogen (secondary N) is 2. The monoisotopic (exact) mass is 492 g/mol. The predicted molar refractivity (Wildman–Crippen MR) is 132 cm³/mol. The van der Waals surface area contributed by atoms with E-state index in [0.29, 0.717) is 11.1 Å². The van der Waals surface area contributed by atoms with E-state index in [2.05, 4.69) is 23.3 Å². The average Bonchev–Trinajstić information content (AvgIpc) is 2.72. The fraction of sp³-hybridized carbons (Fsp3) is 0.583. The molecule has 3 atom stereocenters. The molecule has 0 bridgehead atoms. The van der Waals surface area contributed by atoms with Crippen LogP contribution in [0.15, 0.2) is 18.2 Å². The molecule has 0 spiro atoms. The number of ether oxygens (including phenoxy) is 1. The van der Waals surface area contributed by atoms with Crippen LogP contribution in [-0.2, 0) is 14.3 Å². The summed E-state index contributed by atoms with van der Waals surface area (Å²) in [5.41, 5.74) is 0.163. The van der Waals surface area contributed by atoms with Crippen molar-refractivity contribution >= 4 is 30.5 Å². The number of thiol groups is 1. The van der Waals surface area contributed by atoms with Crippen LogP contribution in [-0.4, -0.2) is 57.9 Å². The molecule has 9 nitrogen and oxygen atoms in total. The number of hydrogen-bond donors (Lipinski definition) is 4. The van der Waals surface area contributed by atoms with Crippen molar-refractivity contribution in [2.24, 2.45) is 0 Å². The number of amides is 3. The number of carbonyl (C=O) groups excluding carboxylic acids is 3. The maximum absolute atomic E-state index is 13.5. The maximum atomic E-state index is 13.5. The zero-order valence-electron chi connectivity index (χ0n) is 20.7. The summed E-state index contributed by atoms with van der Waals surface area (Å²) >= 11 is 4.19. The largest absolute Gasteiger partial charge is 0.508 e. The van der Waals surface area contributed by atoms with E-state index in [4.69, 9.17) is 4.74 Å². The molecular formula is C24H36N4O5S. The Kier molecular flexibility index (Phi) is 11.2. The number of benzene rings is 1. The fourth-order valence-corrected chi connectivity index (χ4v) is 3.60. The minimum absolute atomic E-state index is 0.0419. The molecule has 0 aliphatic heterocycles. The van der Waals surface area contributed by atoms with E-state index in [9.17, 15) is 24.8 Å². The second-order valence-corrected chi connectivity index (χ2v) is 9.52. The van der Waals surface area contributed by atoms with E-state index in [1.807, 2.05) is 19.9 Å². The van der Waals surface area contributed by atoms with Crippen LogP contribution in [0.5, 0.6) is 5.75 Å². The van der Waals surface area contributed by atoms with Crippen molar-refractivity contribution in [3.05, 3.63) is 29.3 Å². The van der Waals surface area contributed by atoms with Crippen molar-refractivity contribution < 1.29 is 24.2 Å². The first-order chi connectivity index (χ1) is 15.8. The number of carbonyl (C=O) groups is 3. The van der Waals surface area contributed by atoms with Gasteiger partial charge in [-0.25, -0.2) is 4.79 Å². The van der Waals surface area contributed by atoms with E-state index in [1.165, 1.54) is 12.1 Å². The SMILES string of the molecule is CCCC(C)NC(=O)C(c1ccc(O)c(C)c1)N(CC#N)C(=O)C(CS)NC(=O)OC(C)(C)C. The van der Waals surface area contributed by atoms with E-state index < -0.39 is 42.1 Å². The van der Waals surface area contributed by atoms with Gasteiger partial charge in [0.2, 0.25) is 11.8 Å². The van der Waals surface area contributed by atoms with Crippen molar-refractivity contribution in [1.29, 1.82) is 5.26 Å².